The molecule has 1 saturated carbocycles. The molecule has 4 N–H and O–H groups in total. The summed E-state index contributed by atoms with van der Waals surface area (Å²) >= 11 is 0. The molecule has 2 aliphatic rings. The third-order valence-corrected chi connectivity index (χ3v) is 5.93. The Balaban J connectivity index is 1.48. The van der Waals surface area contributed by atoms with Crippen molar-refractivity contribution in [3.63, 3.8) is 0 Å². The standard InChI is InChI=1S/C23H23N5O5/c1-32-15-5-2-13-10-28(21(30)16(13)8-15)11-23(12-29,27-22(24)31)19-9-17-18(33-19)6-7-20(26-17)25-14-3-4-14/h2,5-9,12,14H,3-4,10-11H2,1H3,(H,25,26)(H3,24,27,31)/t23-/m1/s1. The Kier molecular flexibility index (Phi) is 4.92. The SMILES string of the molecule is COc1ccc2c(c1)C(=O)N(C[C@](C=O)(NC(N)=O)c1cc3nc(NC4CC4)ccc3o1)C2. The molecule has 0 unspecified atom stereocenters. The second kappa shape index (κ2) is 7.80. The van der Waals surface area contributed by atoms with Crippen LogP contribution >= 0.6 is 0 Å². The maximum Gasteiger partial charge on any atom is 0.313 e. The number of rotatable bonds is 8. The van der Waals surface area contributed by atoms with Crippen LogP contribution in [0.5, 0.6) is 5.75 Å². The quantitative estimate of drug-likeness (QED) is 0.448. The highest BCUT2D eigenvalue weighted by Gasteiger charge is 2.42. The first-order valence-corrected chi connectivity index (χ1v) is 10.6. The van der Waals surface area contributed by atoms with E-state index in [9.17, 15) is 14.4 Å². The monoisotopic (exact) mass is 449 g/mol. The van der Waals surface area contributed by atoms with E-state index in [1.807, 2.05) is 0 Å². The minimum atomic E-state index is -1.68. The van der Waals surface area contributed by atoms with E-state index in [0.717, 1.165) is 18.4 Å². The Morgan fingerprint density at radius 1 is 1.33 bits per heavy atom. The number of amides is 3. The van der Waals surface area contributed by atoms with Crippen molar-refractivity contribution >= 4 is 35.1 Å². The molecule has 3 aromatic rings. The largest absolute Gasteiger partial charge is 0.497 e. The van der Waals surface area contributed by atoms with Crippen molar-refractivity contribution in [3.8, 4) is 5.75 Å². The summed E-state index contributed by atoms with van der Waals surface area (Å²) in [6, 6.07) is 9.87. The smallest absolute Gasteiger partial charge is 0.313 e. The number of anilines is 1. The van der Waals surface area contributed by atoms with Gasteiger partial charge in [-0.25, -0.2) is 9.78 Å². The van der Waals surface area contributed by atoms with Crippen LogP contribution in [0.15, 0.2) is 40.8 Å². The van der Waals surface area contributed by atoms with Gasteiger partial charge < -0.3 is 35.2 Å². The van der Waals surface area contributed by atoms with Crippen molar-refractivity contribution in [1.82, 2.24) is 15.2 Å². The number of nitrogens with two attached hydrogens (primary N) is 1. The highest BCUT2D eigenvalue weighted by Crippen LogP contribution is 2.33. The van der Waals surface area contributed by atoms with Crippen LogP contribution in [0.1, 0.15) is 34.5 Å². The summed E-state index contributed by atoms with van der Waals surface area (Å²) in [5.41, 5.74) is 5.97. The molecule has 2 aromatic heterocycles. The van der Waals surface area contributed by atoms with Crippen LogP contribution in [-0.4, -0.2) is 47.8 Å². The molecule has 1 aliphatic carbocycles. The fourth-order valence-corrected chi connectivity index (χ4v) is 4.08. The van der Waals surface area contributed by atoms with Gasteiger partial charge in [0, 0.05) is 24.2 Å². The molecule has 0 radical (unpaired) electrons. The lowest BCUT2D eigenvalue weighted by atomic mass is 9.97. The van der Waals surface area contributed by atoms with Crippen LogP contribution in [-0.2, 0) is 16.9 Å². The van der Waals surface area contributed by atoms with Gasteiger partial charge >= 0.3 is 6.03 Å². The summed E-state index contributed by atoms with van der Waals surface area (Å²) in [5, 5.41) is 5.80. The third kappa shape index (κ3) is 3.84. The van der Waals surface area contributed by atoms with Crippen LogP contribution in [0.3, 0.4) is 0 Å². The van der Waals surface area contributed by atoms with Gasteiger partial charge in [-0.05, 0) is 42.7 Å². The molecule has 170 valence electrons. The predicted octanol–water partition coefficient (Wildman–Crippen LogP) is 2.13. The minimum absolute atomic E-state index is 0.142. The van der Waals surface area contributed by atoms with Crippen molar-refractivity contribution in [2.24, 2.45) is 5.73 Å². The highest BCUT2D eigenvalue weighted by molar-refractivity contribution is 5.99. The van der Waals surface area contributed by atoms with Gasteiger partial charge in [0.05, 0.1) is 13.7 Å². The molecule has 0 bridgehead atoms. The van der Waals surface area contributed by atoms with Gasteiger partial charge in [-0.15, -0.1) is 0 Å². The van der Waals surface area contributed by atoms with Crippen molar-refractivity contribution in [1.29, 1.82) is 0 Å². The number of aldehydes is 1. The highest BCUT2D eigenvalue weighted by atomic mass is 16.5. The molecule has 3 heterocycles. The van der Waals surface area contributed by atoms with Crippen molar-refractivity contribution in [2.45, 2.75) is 31.0 Å². The Hall–Kier alpha value is -4.08. The molecule has 0 spiro atoms. The summed E-state index contributed by atoms with van der Waals surface area (Å²) in [7, 11) is 1.52. The maximum atomic E-state index is 13.1. The number of carbonyl (C=O) groups is 3. The van der Waals surface area contributed by atoms with E-state index >= 15 is 0 Å². The molecule has 1 atom stereocenters. The number of aromatic nitrogens is 1. The summed E-state index contributed by atoms with van der Waals surface area (Å²) < 4.78 is 11.1. The van der Waals surface area contributed by atoms with Gasteiger partial charge in [-0.1, -0.05) is 6.07 Å². The van der Waals surface area contributed by atoms with E-state index in [1.54, 1.807) is 36.4 Å². The minimum Gasteiger partial charge on any atom is -0.497 e. The van der Waals surface area contributed by atoms with Gasteiger partial charge in [0.1, 0.15) is 22.8 Å². The number of hydrogen-bond donors (Lipinski definition) is 3. The lowest BCUT2D eigenvalue weighted by molar-refractivity contribution is -0.114. The molecule has 0 saturated heterocycles. The molecule has 1 aromatic carbocycles. The summed E-state index contributed by atoms with van der Waals surface area (Å²) in [6.07, 6.45) is 2.74. The number of urea groups is 1. The molecular weight excluding hydrogens is 426 g/mol. The first kappa shape index (κ1) is 20.8. The van der Waals surface area contributed by atoms with E-state index in [0.29, 0.717) is 40.6 Å². The van der Waals surface area contributed by atoms with Gasteiger partial charge in [-0.3, -0.25) is 4.79 Å². The molecule has 1 aliphatic heterocycles. The van der Waals surface area contributed by atoms with Crippen LogP contribution in [0.25, 0.3) is 11.1 Å². The number of ether oxygens (including phenoxy) is 1. The lowest BCUT2D eigenvalue weighted by Crippen LogP contribution is -2.55. The Labute approximate surface area is 189 Å². The summed E-state index contributed by atoms with van der Waals surface area (Å²) in [4.78, 5) is 43.3. The number of nitrogens with one attached hydrogen (secondary N) is 2. The molecule has 10 heteroatoms. The number of pyridine rings is 1. The van der Waals surface area contributed by atoms with Gasteiger partial charge in [0.15, 0.2) is 17.4 Å². The van der Waals surface area contributed by atoms with Crippen LogP contribution in [0, 0.1) is 0 Å². The molecule has 1 fully saturated rings. The summed E-state index contributed by atoms with van der Waals surface area (Å²) in [5.74, 6) is 1.12. The van der Waals surface area contributed by atoms with E-state index in [4.69, 9.17) is 14.9 Å². The number of nitrogens with zero attached hydrogens (tertiary/aromatic N) is 2. The van der Waals surface area contributed by atoms with E-state index in [1.165, 1.54) is 12.0 Å². The zero-order valence-electron chi connectivity index (χ0n) is 18.0. The van der Waals surface area contributed by atoms with Crippen molar-refractivity contribution in [2.75, 3.05) is 19.0 Å². The van der Waals surface area contributed by atoms with Crippen LogP contribution in [0.2, 0.25) is 0 Å². The van der Waals surface area contributed by atoms with E-state index in [2.05, 4.69) is 15.6 Å². The van der Waals surface area contributed by atoms with Gasteiger partial charge in [-0.2, -0.15) is 0 Å². The first-order valence-electron chi connectivity index (χ1n) is 10.6. The topological polar surface area (TPSA) is 140 Å². The zero-order chi connectivity index (χ0) is 23.2. The van der Waals surface area contributed by atoms with Gasteiger partial charge in [0.25, 0.3) is 5.91 Å². The van der Waals surface area contributed by atoms with Gasteiger partial charge in [0.2, 0.25) is 0 Å². The third-order valence-electron chi connectivity index (χ3n) is 5.93. The molecule has 33 heavy (non-hydrogen) atoms. The number of benzene rings is 1. The van der Waals surface area contributed by atoms with Crippen molar-refractivity contribution < 1.29 is 23.5 Å². The lowest BCUT2D eigenvalue weighted by Gasteiger charge is -2.30. The number of hydrogen-bond acceptors (Lipinski definition) is 7. The number of methoxy groups -OCH3 is 1. The fourth-order valence-electron chi connectivity index (χ4n) is 4.08. The Morgan fingerprint density at radius 2 is 2.15 bits per heavy atom. The first-order chi connectivity index (χ1) is 15.9. The average Bonchev–Trinajstić information content (AvgIpc) is 3.42. The maximum absolute atomic E-state index is 13.1. The van der Waals surface area contributed by atoms with Crippen molar-refractivity contribution in [3.05, 3.63) is 53.3 Å². The number of carbonyl (C=O) groups excluding carboxylic acids is 3. The van der Waals surface area contributed by atoms with Crippen LogP contribution < -0.4 is 21.1 Å². The number of primary amides is 1. The normalized spacial score (nSPS) is 16.9. The Bertz CT molecular complexity index is 1270. The fraction of sp³-hybridized carbons (Fsp3) is 0.304. The zero-order valence-corrected chi connectivity index (χ0v) is 18.0. The second-order valence-electron chi connectivity index (χ2n) is 8.37. The second-order valence-corrected chi connectivity index (χ2v) is 8.37. The molecule has 5 rings (SSSR count). The Morgan fingerprint density at radius 3 is 2.85 bits per heavy atom. The summed E-state index contributed by atoms with van der Waals surface area (Å²) in [6.45, 7) is 0.102. The van der Waals surface area contributed by atoms with Crippen LogP contribution in [0.4, 0.5) is 10.6 Å². The average molecular weight is 449 g/mol. The molecule has 3 amide bonds. The van der Waals surface area contributed by atoms with E-state index < -0.39 is 11.6 Å². The predicted molar refractivity (Wildman–Crippen MR) is 119 cm³/mol. The number of fused-ring (bicyclic) bond motifs is 2. The molecule has 10 nitrogen and oxygen atoms in total. The molecular formula is C23H23N5O5. The van der Waals surface area contributed by atoms with E-state index in [-0.39, 0.29) is 24.8 Å². The number of furan rings is 1.